The SMILES string of the molecule is C=C1C(=O)[C@]23C[C@H]1C[C@H](O)[C@H]2[C@]1(COC(C)=O)[C@H](CCC(C)(C)[C@H]1C=O)OC3=O. The summed E-state index contributed by atoms with van der Waals surface area (Å²) < 4.78 is 11.3. The minimum Gasteiger partial charge on any atom is -0.465 e. The summed E-state index contributed by atoms with van der Waals surface area (Å²) in [5, 5.41) is 11.2. The van der Waals surface area contributed by atoms with Gasteiger partial charge < -0.3 is 19.4 Å². The first-order valence-corrected chi connectivity index (χ1v) is 10.2. The van der Waals surface area contributed by atoms with Crippen molar-refractivity contribution in [3.05, 3.63) is 12.2 Å². The van der Waals surface area contributed by atoms with Crippen molar-refractivity contribution in [3.8, 4) is 0 Å². The Morgan fingerprint density at radius 2 is 2.07 bits per heavy atom. The molecule has 0 aromatic rings. The van der Waals surface area contributed by atoms with Crippen LogP contribution in [0.1, 0.15) is 46.5 Å². The average Bonchev–Trinajstić information content (AvgIpc) is 2.83. The predicted octanol–water partition coefficient (Wildman–Crippen LogP) is 1.61. The van der Waals surface area contributed by atoms with E-state index >= 15 is 0 Å². The van der Waals surface area contributed by atoms with Crippen LogP contribution in [0.15, 0.2) is 12.2 Å². The first kappa shape index (κ1) is 20.3. The second-order valence-electron chi connectivity index (χ2n) is 9.94. The van der Waals surface area contributed by atoms with Gasteiger partial charge in [-0.1, -0.05) is 20.4 Å². The highest BCUT2D eigenvalue weighted by Crippen LogP contribution is 2.68. The third-order valence-corrected chi connectivity index (χ3v) is 8.13. The third kappa shape index (κ3) is 2.39. The maximum atomic E-state index is 13.3. The normalized spacial score (nSPS) is 45.1. The Kier molecular flexibility index (Phi) is 4.36. The van der Waals surface area contributed by atoms with Crippen molar-refractivity contribution in [2.24, 2.45) is 34.0 Å². The molecule has 1 N–H and O–H groups in total. The minimum atomic E-state index is -1.56. The summed E-state index contributed by atoms with van der Waals surface area (Å²) in [7, 11) is 0. The Morgan fingerprint density at radius 3 is 2.69 bits per heavy atom. The molecule has 0 amide bonds. The summed E-state index contributed by atoms with van der Waals surface area (Å²) in [6.45, 7) is 8.88. The molecule has 7 heteroatoms. The van der Waals surface area contributed by atoms with E-state index in [4.69, 9.17) is 9.47 Å². The summed E-state index contributed by atoms with van der Waals surface area (Å²) in [6, 6.07) is 0. The van der Waals surface area contributed by atoms with Gasteiger partial charge in [0, 0.05) is 18.8 Å². The number of carbonyl (C=O) groups excluding carboxylic acids is 4. The Balaban J connectivity index is 1.96. The number of fused-ring (bicyclic) bond motifs is 3. The fraction of sp³-hybridized carbons (Fsp3) is 0.727. The number of carbonyl (C=O) groups is 4. The quantitative estimate of drug-likeness (QED) is 0.330. The number of aliphatic hydroxyl groups is 1. The van der Waals surface area contributed by atoms with Crippen LogP contribution in [0.3, 0.4) is 0 Å². The molecule has 0 radical (unpaired) electrons. The Labute approximate surface area is 169 Å². The summed E-state index contributed by atoms with van der Waals surface area (Å²) in [5.74, 6) is -3.36. The van der Waals surface area contributed by atoms with Gasteiger partial charge in [0.2, 0.25) is 0 Å². The molecule has 4 fully saturated rings. The van der Waals surface area contributed by atoms with Crippen molar-refractivity contribution < 1.29 is 33.8 Å². The van der Waals surface area contributed by atoms with Gasteiger partial charge in [0.1, 0.15) is 24.4 Å². The van der Waals surface area contributed by atoms with Crippen LogP contribution in [0.5, 0.6) is 0 Å². The number of aldehydes is 1. The molecular weight excluding hydrogens is 376 g/mol. The van der Waals surface area contributed by atoms with Crippen LogP contribution in [0, 0.1) is 34.0 Å². The van der Waals surface area contributed by atoms with Crippen molar-refractivity contribution >= 4 is 24.0 Å². The maximum absolute atomic E-state index is 13.3. The predicted molar refractivity (Wildman–Crippen MR) is 100 cm³/mol. The van der Waals surface area contributed by atoms with Gasteiger partial charge in [-0.25, -0.2) is 0 Å². The topological polar surface area (TPSA) is 107 Å². The Morgan fingerprint density at radius 1 is 1.38 bits per heavy atom. The molecule has 2 bridgehead atoms. The molecule has 4 rings (SSSR count). The number of hydrogen-bond acceptors (Lipinski definition) is 7. The van der Waals surface area contributed by atoms with Crippen LogP contribution >= 0.6 is 0 Å². The molecule has 29 heavy (non-hydrogen) atoms. The second kappa shape index (κ2) is 6.24. The standard InChI is InChI=1S/C22H28O7/c1-11-13-7-14(25)17-21(8-13,18(11)26)19(27)29-16-5-6-20(3,4)15(9-23)22(16,17)10-28-12(2)24/h9,13-17,25H,1,5-8,10H2,2-4H3/t13-,14+,15-,16+,17-,21+,22+/m1/s1. The van der Waals surface area contributed by atoms with Crippen molar-refractivity contribution in [2.75, 3.05) is 6.61 Å². The number of Topliss-reactive ketones (excluding diaryl/α,β-unsaturated/α-hetero) is 1. The zero-order valence-corrected chi connectivity index (χ0v) is 17.1. The minimum absolute atomic E-state index is 0.180. The van der Waals surface area contributed by atoms with Gasteiger partial charge in [0.15, 0.2) is 5.78 Å². The zero-order valence-electron chi connectivity index (χ0n) is 17.1. The van der Waals surface area contributed by atoms with Gasteiger partial charge >= 0.3 is 11.9 Å². The number of ether oxygens (including phenoxy) is 2. The van der Waals surface area contributed by atoms with E-state index in [9.17, 15) is 24.3 Å². The lowest BCUT2D eigenvalue weighted by atomic mass is 9.43. The Bertz CT molecular complexity index is 814. The molecule has 1 heterocycles. The number of hydrogen-bond donors (Lipinski definition) is 1. The highest BCUT2D eigenvalue weighted by atomic mass is 16.6. The van der Waals surface area contributed by atoms with Gasteiger partial charge in [0.25, 0.3) is 0 Å². The molecule has 1 saturated heterocycles. The van der Waals surface area contributed by atoms with E-state index in [0.29, 0.717) is 24.8 Å². The third-order valence-electron chi connectivity index (χ3n) is 8.13. The van der Waals surface area contributed by atoms with E-state index < -0.39 is 58.0 Å². The van der Waals surface area contributed by atoms with Gasteiger partial charge in [-0.15, -0.1) is 0 Å². The molecule has 4 aliphatic rings. The number of rotatable bonds is 3. The first-order chi connectivity index (χ1) is 13.5. The van der Waals surface area contributed by atoms with Gasteiger partial charge in [-0.3, -0.25) is 14.4 Å². The van der Waals surface area contributed by atoms with Crippen LogP contribution in [0.25, 0.3) is 0 Å². The van der Waals surface area contributed by atoms with E-state index in [1.807, 2.05) is 13.8 Å². The lowest BCUT2D eigenvalue weighted by Crippen LogP contribution is -2.72. The molecule has 0 aromatic heterocycles. The zero-order chi connectivity index (χ0) is 21.4. The summed E-state index contributed by atoms with van der Waals surface area (Å²) >= 11 is 0. The van der Waals surface area contributed by atoms with Crippen LogP contribution in [-0.4, -0.2) is 47.9 Å². The lowest BCUT2D eigenvalue weighted by molar-refractivity contribution is -0.261. The smallest absolute Gasteiger partial charge is 0.320 e. The fourth-order valence-corrected chi connectivity index (χ4v) is 6.91. The molecule has 1 aliphatic heterocycles. The highest BCUT2D eigenvalue weighted by Gasteiger charge is 2.77. The lowest BCUT2D eigenvalue weighted by Gasteiger charge is -2.63. The summed E-state index contributed by atoms with van der Waals surface area (Å²) in [4.78, 5) is 50.7. The molecule has 1 spiro atoms. The molecule has 7 atom stereocenters. The second-order valence-corrected chi connectivity index (χ2v) is 9.94. The average molecular weight is 404 g/mol. The molecule has 0 unspecified atom stereocenters. The summed E-state index contributed by atoms with van der Waals surface area (Å²) in [5.41, 5.74) is -2.86. The van der Waals surface area contributed by atoms with Crippen LogP contribution in [-0.2, 0) is 28.7 Å². The molecule has 7 nitrogen and oxygen atoms in total. The number of esters is 2. The number of allylic oxidation sites excluding steroid dienone is 1. The maximum Gasteiger partial charge on any atom is 0.320 e. The van der Waals surface area contributed by atoms with Crippen LogP contribution in [0.2, 0.25) is 0 Å². The summed E-state index contributed by atoms with van der Waals surface area (Å²) in [6.07, 6.45) is 0.754. The fourth-order valence-electron chi connectivity index (χ4n) is 6.91. The van der Waals surface area contributed by atoms with Crippen molar-refractivity contribution in [3.63, 3.8) is 0 Å². The molecule has 0 aromatic carbocycles. The van der Waals surface area contributed by atoms with Crippen LogP contribution in [0.4, 0.5) is 0 Å². The van der Waals surface area contributed by atoms with Crippen molar-refractivity contribution in [1.82, 2.24) is 0 Å². The van der Waals surface area contributed by atoms with E-state index in [2.05, 4.69) is 6.58 Å². The van der Waals surface area contributed by atoms with Gasteiger partial charge in [0.05, 0.1) is 11.5 Å². The van der Waals surface area contributed by atoms with Gasteiger partial charge in [-0.05, 0) is 42.6 Å². The number of ketones is 1. The number of aliphatic hydroxyl groups excluding tert-OH is 1. The van der Waals surface area contributed by atoms with E-state index in [0.717, 1.165) is 6.29 Å². The monoisotopic (exact) mass is 404 g/mol. The molecule has 3 saturated carbocycles. The van der Waals surface area contributed by atoms with Crippen LogP contribution < -0.4 is 0 Å². The molecule has 3 aliphatic carbocycles. The van der Waals surface area contributed by atoms with Crippen molar-refractivity contribution in [1.29, 1.82) is 0 Å². The first-order valence-electron chi connectivity index (χ1n) is 10.2. The molecular formula is C22H28O7. The highest BCUT2D eigenvalue weighted by molar-refractivity contribution is 6.15. The molecule has 158 valence electrons. The van der Waals surface area contributed by atoms with E-state index in [-0.39, 0.29) is 18.9 Å². The van der Waals surface area contributed by atoms with E-state index in [1.165, 1.54) is 6.92 Å². The Hall–Kier alpha value is -2.02. The largest absolute Gasteiger partial charge is 0.465 e. The van der Waals surface area contributed by atoms with E-state index in [1.54, 1.807) is 0 Å². The van der Waals surface area contributed by atoms with Crippen molar-refractivity contribution in [2.45, 2.75) is 58.7 Å². The van der Waals surface area contributed by atoms with Gasteiger partial charge in [-0.2, -0.15) is 0 Å².